The number of unbranched alkanes of at least 4 members (excludes halogenated alkanes) is 1. The zero-order chi connectivity index (χ0) is 20.2. The van der Waals surface area contributed by atoms with Gasteiger partial charge in [-0.3, -0.25) is 4.79 Å². The van der Waals surface area contributed by atoms with Gasteiger partial charge in [0.15, 0.2) is 0 Å². The molecule has 29 heavy (non-hydrogen) atoms. The van der Waals surface area contributed by atoms with Crippen LogP contribution in [0.4, 0.5) is 5.82 Å². The van der Waals surface area contributed by atoms with Gasteiger partial charge in [0.2, 0.25) is 0 Å². The largest absolute Gasteiger partial charge is 0.494 e. The summed E-state index contributed by atoms with van der Waals surface area (Å²) < 4.78 is 7.56. The smallest absolute Gasteiger partial charge is 0.256 e. The van der Waals surface area contributed by atoms with Crippen molar-refractivity contribution in [3.63, 3.8) is 0 Å². The summed E-state index contributed by atoms with van der Waals surface area (Å²) in [5.74, 6) is 3.16. The fourth-order valence-electron chi connectivity index (χ4n) is 3.33. The van der Waals surface area contributed by atoms with Crippen LogP contribution in [0.3, 0.4) is 0 Å². The minimum atomic E-state index is -0.139. The molecule has 1 aromatic heterocycles. The van der Waals surface area contributed by atoms with Crippen molar-refractivity contribution < 1.29 is 9.53 Å². The van der Waals surface area contributed by atoms with Crippen LogP contribution in [0.1, 0.15) is 46.9 Å². The third-order valence-corrected chi connectivity index (χ3v) is 5.98. The molecule has 1 amide bonds. The van der Waals surface area contributed by atoms with Crippen LogP contribution in [0.25, 0.3) is 5.69 Å². The van der Waals surface area contributed by atoms with Crippen molar-refractivity contribution in [1.82, 2.24) is 9.78 Å². The number of amides is 1. The number of nitrogens with zero attached hydrogens (tertiary/aromatic N) is 2. The van der Waals surface area contributed by atoms with Crippen molar-refractivity contribution in [3.05, 3.63) is 70.9 Å². The summed E-state index contributed by atoms with van der Waals surface area (Å²) in [6, 6.07) is 15.4. The number of fused-ring (bicyclic) bond motifs is 1. The predicted octanol–water partition coefficient (Wildman–Crippen LogP) is 5.36. The Morgan fingerprint density at radius 3 is 2.72 bits per heavy atom. The fraction of sp³-hybridized carbons (Fsp3) is 0.304. The van der Waals surface area contributed by atoms with E-state index in [2.05, 4.69) is 25.2 Å². The van der Waals surface area contributed by atoms with Crippen LogP contribution in [0.2, 0.25) is 0 Å². The third kappa shape index (κ3) is 4.17. The highest BCUT2D eigenvalue weighted by atomic mass is 32.2. The number of benzene rings is 2. The second-order valence-corrected chi connectivity index (χ2v) is 8.13. The summed E-state index contributed by atoms with van der Waals surface area (Å²) in [6.45, 7) is 4.88. The highest BCUT2D eigenvalue weighted by molar-refractivity contribution is 7.98. The van der Waals surface area contributed by atoms with Gasteiger partial charge in [0, 0.05) is 22.6 Å². The van der Waals surface area contributed by atoms with Crippen molar-refractivity contribution >= 4 is 23.5 Å². The number of aryl methyl sites for hydroxylation is 1. The fourth-order valence-corrected chi connectivity index (χ4v) is 4.37. The SMILES string of the molecule is CCCCOc1ccc(C(=O)Nc2c3c(nn2-c2ccccc2C)CSC3)cc1. The quantitative estimate of drug-likeness (QED) is 0.536. The molecule has 0 spiro atoms. The molecule has 0 fully saturated rings. The van der Waals surface area contributed by atoms with E-state index in [0.717, 1.165) is 58.4 Å². The number of thioether (sulfide) groups is 1. The van der Waals surface area contributed by atoms with E-state index in [-0.39, 0.29) is 5.91 Å². The number of nitrogens with one attached hydrogen (secondary N) is 1. The van der Waals surface area contributed by atoms with E-state index in [9.17, 15) is 4.79 Å². The second-order valence-electron chi connectivity index (χ2n) is 7.15. The predicted molar refractivity (Wildman–Crippen MR) is 118 cm³/mol. The molecule has 5 nitrogen and oxygen atoms in total. The van der Waals surface area contributed by atoms with E-state index in [1.807, 2.05) is 46.8 Å². The van der Waals surface area contributed by atoms with Crippen molar-refractivity contribution in [2.45, 2.75) is 38.2 Å². The molecule has 0 aliphatic carbocycles. The molecule has 0 bridgehead atoms. The highest BCUT2D eigenvalue weighted by Gasteiger charge is 2.25. The number of para-hydroxylation sites is 1. The number of ether oxygens (including phenoxy) is 1. The van der Waals surface area contributed by atoms with Gasteiger partial charge >= 0.3 is 0 Å². The average molecular weight is 408 g/mol. The summed E-state index contributed by atoms with van der Waals surface area (Å²) in [5, 5.41) is 7.90. The Hall–Kier alpha value is -2.73. The maximum Gasteiger partial charge on any atom is 0.256 e. The van der Waals surface area contributed by atoms with Crippen molar-refractivity contribution in [3.8, 4) is 11.4 Å². The van der Waals surface area contributed by atoms with Gasteiger partial charge in [0.25, 0.3) is 5.91 Å². The van der Waals surface area contributed by atoms with E-state index >= 15 is 0 Å². The maximum absolute atomic E-state index is 13.0. The lowest BCUT2D eigenvalue weighted by Gasteiger charge is -2.13. The molecule has 150 valence electrons. The lowest BCUT2D eigenvalue weighted by atomic mass is 10.2. The molecule has 2 heterocycles. The number of carbonyl (C=O) groups is 1. The average Bonchev–Trinajstić information content (AvgIpc) is 3.32. The molecule has 0 saturated heterocycles. The molecule has 6 heteroatoms. The van der Waals surface area contributed by atoms with Gasteiger partial charge < -0.3 is 10.1 Å². The minimum absolute atomic E-state index is 0.139. The van der Waals surface area contributed by atoms with Gasteiger partial charge in [0.1, 0.15) is 11.6 Å². The lowest BCUT2D eigenvalue weighted by Crippen LogP contribution is -2.16. The number of carbonyl (C=O) groups excluding carboxylic acids is 1. The number of aromatic nitrogens is 2. The molecule has 0 saturated carbocycles. The zero-order valence-electron chi connectivity index (χ0n) is 16.8. The monoisotopic (exact) mass is 407 g/mol. The van der Waals surface area contributed by atoms with Crippen LogP contribution in [0, 0.1) is 6.92 Å². The Morgan fingerprint density at radius 1 is 1.17 bits per heavy atom. The highest BCUT2D eigenvalue weighted by Crippen LogP contribution is 2.36. The van der Waals surface area contributed by atoms with Crippen molar-refractivity contribution in [1.29, 1.82) is 0 Å². The summed E-state index contributed by atoms with van der Waals surface area (Å²) in [5.41, 5.74) is 4.87. The molecule has 0 radical (unpaired) electrons. The molecule has 1 N–H and O–H groups in total. The lowest BCUT2D eigenvalue weighted by molar-refractivity contribution is 0.102. The van der Waals surface area contributed by atoms with Crippen LogP contribution in [-0.2, 0) is 11.5 Å². The first-order valence-electron chi connectivity index (χ1n) is 9.96. The summed E-state index contributed by atoms with van der Waals surface area (Å²) in [4.78, 5) is 13.0. The van der Waals surface area contributed by atoms with E-state index < -0.39 is 0 Å². The van der Waals surface area contributed by atoms with Gasteiger partial charge in [-0.25, -0.2) is 4.68 Å². The molecule has 3 aromatic rings. The van der Waals surface area contributed by atoms with Gasteiger partial charge in [-0.1, -0.05) is 31.5 Å². The number of anilines is 1. The number of hydrogen-bond donors (Lipinski definition) is 1. The van der Waals surface area contributed by atoms with Crippen molar-refractivity contribution in [2.24, 2.45) is 0 Å². The van der Waals surface area contributed by atoms with Gasteiger partial charge in [-0.05, 0) is 49.2 Å². The summed E-state index contributed by atoms with van der Waals surface area (Å²) in [6.07, 6.45) is 2.12. The Kier molecular flexibility index (Phi) is 5.90. The molecule has 1 aliphatic heterocycles. The first kappa shape index (κ1) is 19.6. The Balaban J connectivity index is 1.58. The first-order chi connectivity index (χ1) is 14.2. The summed E-state index contributed by atoms with van der Waals surface area (Å²) >= 11 is 1.82. The van der Waals surface area contributed by atoms with Crippen LogP contribution in [0.5, 0.6) is 5.75 Å². The first-order valence-corrected chi connectivity index (χ1v) is 11.1. The second kappa shape index (κ2) is 8.74. The number of rotatable bonds is 7. The Bertz CT molecular complexity index is 1010. The van der Waals surface area contributed by atoms with Crippen LogP contribution in [-0.4, -0.2) is 22.3 Å². The molecule has 0 atom stereocenters. The van der Waals surface area contributed by atoms with Gasteiger partial charge in [-0.15, -0.1) is 0 Å². The van der Waals surface area contributed by atoms with Gasteiger partial charge in [0.05, 0.1) is 18.0 Å². The molecule has 1 aliphatic rings. The molecular weight excluding hydrogens is 382 g/mol. The third-order valence-electron chi connectivity index (χ3n) is 5.01. The topological polar surface area (TPSA) is 56.1 Å². The van der Waals surface area contributed by atoms with Crippen molar-refractivity contribution in [2.75, 3.05) is 11.9 Å². The van der Waals surface area contributed by atoms with Crippen LogP contribution < -0.4 is 10.1 Å². The normalized spacial score (nSPS) is 12.6. The standard InChI is InChI=1S/C23H25N3O2S/c1-3-4-13-28-18-11-9-17(10-12-18)23(27)24-22-19-14-29-15-20(19)25-26(22)21-8-6-5-7-16(21)2/h5-12H,3-4,13-15H2,1-2H3,(H,24,27). The Morgan fingerprint density at radius 2 is 1.97 bits per heavy atom. The van der Waals surface area contributed by atoms with E-state index in [1.165, 1.54) is 0 Å². The maximum atomic E-state index is 13.0. The molecular formula is C23H25N3O2S. The van der Waals surface area contributed by atoms with Gasteiger partial charge in [-0.2, -0.15) is 16.9 Å². The van der Waals surface area contributed by atoms with E-state index in [1.54, 1.807) is 12.1 Å². The summed E-state index contributed by atoms with van der Waals surface area (Å²) in [7, 11) is 0. The zero-order valence-corrected chi connectivity index (χ0v) is 17.6. The van der Waals surface area contributed by atoms with E-state index in [0.29, 0.717) is 12.2 Å². The van der Waals surface area contributed by atoms with Crippen LogP contribution in [0.15, 0.2) is 48.5 Å². The minimum Gasteiger partial charge on any atom is -0.494 e. The molecule has 4 rings (SSSR count). The van der Waals surface area contributed by atoms with Crippen LogP contribution >= 0.6 is 11.8 Å². The molecule has 2 aromatic carbocycles. The Labute approximate surface area is 175 Å². The molecule has 0 unspecified atom stereocenters. The number of hydrogen-bond acceptors (Lipinski definition) is 4. The van der Waals surface area contributed by atoms with E-state index in [4.69, 9.17) is 9.84 Å².